The maximum absolute atomic E-state index is 4.40. The number of aromatic nitrogens is 1. The topological polar surface area (TPSA) is 12.9 Å². The first-order valence-electron chi connectivity index (χ1n) is 5.36. The predicted octanol–water partition coefficient (Wildman–Crippen LogP) is 4.69. The Labute approximate surface area is 109 Å². The fraction of sp³-hybridized carbons (Fsp3) is 0.0714. The van der Waals surface area contributed by atoms with E-state index in [1.54, 1.807) is 23.1 Å². The van der Waals surface area contributed by atoms with Crippen LogP contribution in [0.1, 0.15) is 0 Å². The maximum Gasteiger partial charge on any atom is 0.0802 e. The van der Waals surface area contributed by atoms with Gasteiger partial charge in [-0.05, 0) is 36.6 Å². The van der Waals surface area contributed by atoms with E-state index in [4.69, 9.17) is 0 Å². The molecule has 0 fully saturated rings. The van der Waals surface area contributed by atoms with E-state index in [9.17, 15) is 0 Å². The molecule has 0 N–H and O–H groups in total. The van der Waals surface area contributed by atoms with Crippen LogP contribution in [0.15, 0.2) is 53.6 Å². The normalized spacial score (nSPS) is 10.9. The van der Waals surface area contributed by atoms with Crippen LogP contribution < -0.4 is 0 Å². The minimum atomic E-state index is 1.06. The number of pyridine rings is 1. The molecule has 2 aromatic heterocycles. The molecule has 3 aromatic rings. The second-order valence-corrected chi connectivity index (χ2v) is 5.63. The first-order chi connectivity index (χ1) is 8.38. The largest absolute Gasteiger partial charge is 0.255 e. The van der Waals surface area contributed by atoms with E-state index in [1.165, 1.54) is 19.9 Å². The zero-order valence-electron chi connectivity index (χ0n) is 9.38. The van der Waals surface area contributed by atoms with Gasteiger partial charge in [0.05, 0.1) is 10.6 Å². The molecule has 0 radical (unpaired) electrons. The average Bonchev–Trinajstić information content (AvgIpc) is 2.83. The van der Waals surface area contributed by atoms with Crippen molar-refractivity contribution in [3.63, 3.8) is 0 Å². The van der Waals surface area contributed by atoms with E-state index in [2.05, 4.69) is 41.6 Å². The molecule has 0 unspecified atom stereocenters. The molecule has 17 heavy (non-hydrogen) atoms. The van der Waals surface area contributed by atoms with Crippen LogP contribution >= 0.6 is 23.1 Å². The second kappa shape index (κ2) is 4.51. The summed E-state index contributed by atoms with van der Waals surface area (Å²) in [5.41, 5.74) is 1.06. The van der Waals surface area contributed by atoms with E-state index in [1.807, 2.05) is 18.3 Å². The van der Waals surface area contributed by atoms with E-state index < -0.39 is 0 Å². The van der Waals surface area contributed by atoms with Gasteiger partial charge in [0.25, 0.3) is 0 Å². The Hall–Kier alpha value is -1.32. The van der Waals surface area contributed by atoms with Gasteiger partial charge in [-0.15, -0.1) is 23.1 Å². The molecule has 0 aliphatic rings. The monoisotopic (exact) mass is 257 g/mol. The molecule has 0 saturated carbocycles. The highest BCUT2D eigenvalue weighted by Gasteiger charge is 2.07. The van der Waals surface area contributed by atoms with Crippen LogP contribution in [-0.4, -0.2) is 11.2 Å². The molecule has 0 bridgehead atoms. The van der Waals surface area contributed by atoms with Gasteiger partial charge in [-0.1, -0.05) is 12.1 Å². The van der Waals surface area contributed by atoms with Crippen LogP contribution in [0, 0.1) is 0 Å². The lowest BCUT2D eigenvalue weighted by atomic mass is 10.2. The SMILES string of the molecule is CSc1cccc2sc(-c3ccccn3)cc12. The second-order valence-electron chi connectivity index (χ2n) is 3.70. The van der Waals surface area contributed by atoms with Crippen LogP contribution in [0.2, 0.25) is 0 Å². The van der Waals surface area contributed by atoms with E-state index in [0.717, 1.165) is 5.69 Å². The summed E-state index contributed by atoms with van der Waals surface area (Å²) in [6.07, 6.45) is 3.96. The third kappa shape index (κ3) is 1.96. The number of hydrogen-bond acceptors (Lipinski definition) is 3. The molecule has 2 heterocycles. The zero-order chi connectivity index (χ0) is 11.7. The average molecular weight is 257 g/mol. The molecule has 0 amide bonds. The van der Waals surface area contributed by atoms with E-state index >= 15 is 0 Å². The summed E-state index contributed by atoms with van der Waals surface area (Å²) in [4.78, 5) is 6.98. The van der Waals surface area contributed by atoms with Gasteiger partial charge in [-0.25, -0.2) is 0 Å². The third-order valence-electron chi connectivity index (χ3n) is 2.66. The van der Waals surface area contributed by atoms with E-state index in [0.29, 0.717) is 0 Å². The molecular weight excluding hydrogens is 246 g/mol. The zero-order valence-corrected chi connectivity index (χ0v) is 11.0. The summed E-state index contributed by atoms with van der Waals surface area (Å²) in [6, 6.07) is 14.7. The molecule has 0 aliphatic heterocycles. The third-order valence-corrected chi connectivity index (χ3v) is 4.58. The Bertz CT molecular complexity index is 644. The van der Waals surface area contributed by atoms with Crippen molar-refractivity contribution in [3.8, 4) is 10.6 Å². The molecule has 3 heteroatoms. The summed E-state index contributed by atoms with van der Waals surface area (Å²) in [7, 11) is 0. The Morgan fingerprint density at radius 1 is 1.12 bits per heavy atom. The molecule has 1 nitrogen and oxygen atoms in total. The number of rotatable bonds is 2. The first-order valence-corrected chi connectivity index (χ1v) is 7.40. The van der Waals surface area contributed by atoms with Gasteiger partial charge >= 0.3 is 0 Å². The van der Waals surface area contributed by atoms with Crippen molar-refractivity contribution >= 4 is 33.2 Å². The minimum Gasteiger partial charge on any atom is -0.255 e. The van der Waals surface area contributed by atoms with Crippen molar-refractivity contribution in [3.05, 3.63) is 48.7 Å². The van der Waals surface area contributed by atoms with Crippen molar-refractivity contribution in [2.45, 2.75) is 4.90 Å². The molecule has 0 atom stereocenters. The lowest BCUT2D eigenvalue weighted by molar-refractivity contribution is 1.34. The van der Waals surface area contributed by atoms with Crippen molar-refractivity contribution in [1.29, 1.82) is 0 Å². The highest BCUT2D eigenvalue weighted by molar-refractivity contribution is 7.98. The van der Waals surface area contributed by atoms with Crippen LogP contribution in [0.4, 0.5) is 0 Å². The number of thioether (sulfide) groups is 1. The molecule has 84 valence electrons. The van der Waals surface area contributed by atoms with Gasteiger partial charge in [0.15, 0.2) is 0 Å². The summed E-state index contributed by atoms with van der Waals surface area (Å²) in [5, 5.41) is 1.34. The molecule has 3 rings (SSSR count). The Kier molecular flexibility index (Phi) is 2.87. The Morgan fingerprint density at radius 3 is 2.82 bits per heavy atom. The number of nitrogens with zero attached hydrogens (tertiary/aromatic N) is 1. The van der Waals surface area contributed by atoms with Gasteiger partial charge in [0.1, 0.15) is 0 Å². The molecular formula is C14H11NS2. The van der Waals surface area contributed by atoms with E-state index in [-0.39, 0.29) is 0 Å². The first kappa shape index (κ1) is 10.8. The van der Waals surface area contributed by atoms with Gasteiger partial charge in [-0.2, -0.15) is 0 Å². The highest BCUT2D eigenvalue weighted by atomic mass is 32.2. The standard InChI is InChI=1S/C14H11NS2/c1-16-12-6-4-7-13-10(12)9-14(17-13)11-5-2-3-8-15-11/h2-9H,1H3. The minimum absolute atomic E-state index is 1.06. The number of hydrogen-bond donors (Lipinski definition) is 0. The fourth-order valence-electron chi connectivity index (χ4n) is 1.85. The quantitative estimate of drug-likeness (QED) is 0.618. The van der Waals surface area contributed by atoms with Crippen molar-refractivity contribution in [2.75, 3.05) is 6.26 Å². The van der Waals surface area contributed by atoms with Crippen molar-refractivity contribution in [2.24, 2.45) is 0 Å². The lowest BCUT2D eigenvalue weighted by Gasteiger charge is -1.96. The Morgan fingerprint density at radius 2 is 2.06 bits per heavy atom. The van der Waals surface area contributed by atoms with Gasteiger partial charge in [0.2, 0.25) is 0 Å². The highest BCUT2D eigenvalue weighted by Crippen LogP contribution is 2.36. The summed E-state index contributed by atoms with van der Waals surface area (Å²) in [6.45, 7) is 0. The Balaban J connectivity index is 2.20. The molecule has 1 aromatic carbocycles. The van der Waals surface area contributed by atoms with Crippen molar-refractivity contribution < 1.29 is 0 Å². The van der Waals surface area contributed by atoms with Gasteiger partial charge in [0, 0.05) is 21.2 Å². The van der Waals surface area contributed by atoms with Crippen LogP contribution in [0.25, 0.3) is 20.7 Å². The van der Waals surface area contributed by atoms with Crippen LogP contribution in [0.5, 0.6) is 0 Å². The van der Waals surface area contributed by atoms with Crippen molar-refractivity contribution in [1.82, 2.24) is 4.98 Å². The molecule has 0 spiro atoms. The lowest BCUT2D eigenvalue weighted by Crippen LogP contribution is -1.75. The number of benzene rings is 1. The number of thiophene rings is 1. The maximum atomic E-state index is 4.40. The van der Waals surface area contributed by atoms with Crippen LogP contribution in [0.3, 0.4) is 0 Å². The smallest absolute Gasteiger partial charge is 0.0802 e. The fourth-order valence-corrected chi connectivity index (χ4v) is 3.58. The number of fused-ring (bicyclic) bond motifs is 1. The van der Waals surface area contributed by atoms with Gasteiger partial charge in [-0.3, -0.25) is 4.98 Å². The predicted molar refractivity (Wildman–Crippen MR) is 76.8 cm³/mol. The molecule has 0 aliphatic carbocycles. The summed E-state index contributed by atoms with van der Waals surface area (Å²) in [5.74, 6) is 0. The molecule has 0 saturated heterocycles. The van der Waals surface area contributed by atoms with Crippen LogP contribution in [-0.2, 0) is 0 Å². The summed E-state index contributed by atoms with van der Waals surface area (Å²) >= 11 is 3.60. The summed E-state index contributed by atoms with van der Waals surface area (Å²) < 4.78 is 1.33. The van der Waals surface area contributed by atoms with Gasteiger partial charge < -0.3 is 0 Å².